The van der Waals surface area contributed by atoms with Crippen LogP contribution >= 0.6 is 23.1 Å². The second-order valence-corrected chi connectivity index (χ2v) is 7.81. The number of thioether (sulfide) groups is 1. The molecule has 28 heavy (non-hydrogen) atoms. The monoisotopic (exact) mass is 423 g/mol. The maximum absolute atomic E-state index is 12.6. The van der Waals surface area contributed by atoms with Crippen molar-refractivity contribution in [3.63, 3.8) is 0 Å². The average Bonchev–Trinajstić information content (AvgIpc) is 2.99. The molecule has 0 aliphatic carbocycles. The minimum atomic E-state index is -0.603. The number of thiophene rings is 1. The van der Waals surface area contributed by atoms with Crippen molar-refractivity contribution in [2.75, 3.05) is 18.5 Å². The smallest absolute Gasteiger partial charge is 0.348 e. The molecular weight excluding hydrogens is 402 g/mol. The third-order valence-electron chi connectivity index (χ3n) is 3.52. The van der Waals surface area contributed by atoms with Gasteiger partial charge in [-0.15, -0.1) is 11.3 Å². The molecule has 0 aromatic carbocycles. The Balaban J connectivity index is 2.26. The summed E-state index contributed by atoms with van der Waals surface area (Å²) in [7, 11) is 0. The molecule has 8 nitrogen and oxygen atoms in total. The van der Waals surface area contributed by atoms with Crippen molar-refractivity contribution in [3.05, 3.63) is 34.5 Å². The highest BCUT2D eigenvalue weighted by molar-refractivity contribution is 8.00. The predicted molar refractivity (Wildman–Crippen MR) is 107 cm³/mol. The number of hydrogen-bond acceptors (Lipinski definition) is 9. The van der Waals surface area contributed by atoms with Crippen LogP contribution in [0.15, 0.2) is 23.6 Å². The summed E-state index contributed by atoms with van der Waals surface area (Å²) >= 11 is 2.18. The standard InChI is InChI=1S/C18H21N3O5S2/c1-5-25-16(23)12-10(3)13(17(24)26-6-2)28-15(12)21-14(22)11(4)27-18-19-8-7-9-20-18/h7-9,11H,5-6H2,1-4H3,(H,21,22). The van der Waals surface area contributed by atoms with E-state index in [0.717, 1.165) is 11.3 Å². The fourth-order valence-electron chi connectivity index (χ4n) is 2.21. The first-order chi connectivity index (χ1) is 13.4. The molecule has 0 radical (unpaired) electrons. The zero-order chi connectivity index (χ0) is 20.7. The highest BCUT2D eigenvalue weighted by atomic mass is 32.2. The van der Waals surface area contributed by atoms with Gasteiger partial charge in [0.25, 0.3) is 0 Å². The number of nitrogens with zero attached hydrogens (tertiary/aromatic N) is 2. The summed E-state index contributed by atoms with van der Waals surface area (Å²) in [5.41, 5.74) is 0.584. The molecule has 0 aliphatic heterocycles. The highest BCUT2D eigenvalue weighted by Gasteiger charge is 2.28. The van der Waals surface area contributed by atoms with Crippen LogP contribution in [0.1, 0.15) is 46.4 Å². The lowest BCUT2D eigenvalue weighted by Gasteiger charge is -2.11. The van der Waals surface area contributed by atoms with Crippen LogP contribution in [0.25, 0.3) is 0 Å². The quantitative estimate of drug-likeness (QED) is 0.391. The lowest BCUT2D eigenvalue weighted by atomic mass is 10.1. The Bertz CT molecular complexity index is 854. The van der Waals surface area contributed by atoms with Crippen LogP contribution in [0.5, 0.6) is 0 Å². The van der Waals surface area contributed by atoms with E-state index < -0.39 is 17.2 Å². The largest absolute Gasteiger partial charge is 0.462 e. The van der Waals surface area contributed by atoms with Crippen molar-refractivity contribution in [2.45, 2.75) is 38.1 Å². The second kappa shape index (κ2) is 10.2. The maximum Gasteiger partial charge on any atom is 0.348 e. The Hall–Kier alpha value is -2.46. The van der Waals surface area contributed by atoms with Gasteiger partial charge in [0.05, 0.1) is 24.0 Å². The maximum atomic E-state index is 12.6. The molecule has 1 unspecified atom stereocenters. The Morgan fingerprint density at radius 3 is 2.36 bits per heavy atom. The molecule has 1 amide bonds. The second-order valence-electron chi connectivity index (χ2n) is 5.48. The molecule has 2 heterocycles. The minimum Gasteiger partial charge on any atom is -0.462 e. The van der Waals surface area contributed by atoms with Gasteiger partial charge in [0.2, 0.25) is 5.91 Å². The van der Waals surface area contributed by atoms with E-state index >= 15 is 0 Å². The number of ether oxygens (including phenoxy) is 2. The minimum absolute atomic E-state index is 0.163. The zero-order valence-corrected chi connectivity index (χ0v) is 17.6. The Kier molecular flexibility index (Phi) is 7.94. The molecule has 0 bridgehead atoms. The third-order valence-corrected chi connectivity index (χ3v) is 5.69. The topological polar surface area (TPSA) is 107 Å². The van der Waals surface area contributed by atoms with E-state index in [1.165, 1.54) is 11.8 Å². The van der Waals surface area contributed by atoms with Gasteiger partial charge in [-0.05, 0) is 39.3 Å². The first-order valence-electron chi connectivity index (χ1n) is 8.61. The van der Waals surface area contributed by atoms with E-state index in [1.807, 2.05) is 0 Å². The van der Waals surface area contributed by atoms with E-state index in [-0.39, 0.29) is 34.6 Å². The molecule has 0 aliphatic rings. The fourth-order valence-corrected chi connectivity index (χ4v) is 4.03. The van der Waals surface area contributed by atoms with Crippen molar-refractivity contribution in [3.8, 4) is 0 Å². The summed E-state index contributed by atoms with van der Waals surface area (Å²) in [6.45, 7) is 7.09. The average molecular weight is 424 g/mol. The van der Waals surface area contributed by atoms with Gasteiger partial charge < -0.3 is 14.8 Å². The number of esters is 2. The van der Waals surface area contributed by atoms with Crippen LogP contribution in [0, 0.1) is 6.92 Å². The number of carbonyl (C=O) groups is 3. The summed E-state index contributed by atoms with van der Waals surface area (Å²) in [5, 5.41) is 2.92. The normalized spacial score (nSPS) is 11.6. The molecule has 10 heteroatoms. The van der Waals surface area contributed by atoms with E-state index in [0.29, 0.717) is 10.7 Å². The van der Waals surface area contributed by atoms with Crippen LogP contribution in [-0.4, -0.2) is 46.3 Å². The van der Waals surface area contributed by atoms with E-state index in [4.69, 9.17) is 9.47 Å². The van der Waals surface area contributed by atoms with Gasteiger partial charge in [0.1, 0.15) is 9.88 Å². The van der Waals surface area contributed by atoms with Crippen molar-refractivity contribution in [1.29, 1.82) is 0 Å². The lowest BCUT2D eigenvalue weighted by molar-refractivity contribution is -0.115. The molecular formula is C18H21N3O5S2. The molecule has 150 valence electrons. The van der Waals surface area contributed by atoms with Gasteiger partial charge in [-0.3, -0.25) is 4.79 Å². The molecule has 2 rings (SSSR count). The molecule has 0 saturated carbocycles. The molecule has 1 N–H and O–H groups in total. The van der Waals surface area contributed by atoms with Crippen LogP contribution in [0.2, 0.25) is 0 Å². The van der Waals surface area contributed by atoms with E-state index in [2.05, 4.69) is 15.3 Å². The first-order valence-corrected chi connectivity index (χ1v) is 10.3. The number of nitrogens with one attached hydrogen (secondary N) is 1. The third kappa shape index (κ3) is 5.29. The summed E-state index contributed by atoms with van der Waals surface area (Å²) in [6.07, 6.45) is 3.18. The van der Waals surface area contributed by atoms with Gasteiger partial charge in [0, 0.05) is 12.4 Å². The van der Waals surface area contributed by atoms with E-state index in [1.54, 1.807) is 46.2 Å². The Morgan fingerprint density at radius 1 is 1.14 bits per heavy atom. The van der Waals surface area contributed by atoms with Crippen molar-refractivity contribution < 1.29 is 23.9 Å². The molecule has 1 atom stereocenters. The highest BCUT2D eigenvalue weighted by Crippen LogP contribution is 2.35. The van der Waals surface area contributed by atoms with Gasteiger partial charge >= 0.3 is 11.9 Å². The number of anilines is 1. The predicted octanol–water partition coefficient (Wildman–Crippen LogP) is 3.32. The molecule has 2 aromatic heterocycles. The van der Waals surface area contributed by atoms with Crippen molar-refractivity contribution in [2.24, 2.45) is 0 Å². The summed E-state index contributed by atoms with van der Waals surface area (Å²) in [4.78, 5) is 45.6. The molecule has 0 saturated heterocycles. The van der Waals surface area contributed by atoms with E-state index in [9.17, 15) is 14.4 Å². The zero-order valence-electron chi connectivity index (χ0n) is 16.0. The van der Waals surface area contributed by atoms with Gasteiger partial charge in [-0.1, -0.05) is 11.8 Å². The fraction of sp³-hybridized carbons (Fsp3) is 0.389. The van der Waals surface area contributed by atoms with Crippen LogP contribution in [0.3, 0.4) is 0 Å². The van der Waals surface area contributed by atoms with Crippen LogP contribution in [-0.2, 0) is 14.3 Å². The number of amides is 1. The summed E-state index contributed by atoms with van der Waals surface area (Å²) in [5.74, 6) is -1.50. The lowest BCUT2D eigenvalue weighted by Crippen LogP contribution is -2.23. The Labute approximate surface area is 171 Å². The SMILES string of the molecule is CCOC(=O)c1sc(NC(=O)C(C)Sc2ncccn2)c(C(=O)OCC)c1C. The molecule has 0 fully saturated rings. The summed E-state index contributed by atoms with van der Waals surface area (Å²) in [6, 6.07) is 1.69. The molecule has 0 spiro atoms. The van der Waals surface area contributed by atoms with Gasteiger partial charge in [0.15, 0.2) is 5.16 Å². The Morgan fingerprint density at radius 2 is 1.75 bits per heavy atom. The molecule has 2 aromatic rings. The van der Waals surface area contributed by atoms with Gasteiger partial charge in [-0.25, -0.2) is 19.6 Å². The number of carbonyl (C=O) groups excluding carboxylic acids is 3. The number of hydrogen-bond donors (Lipinski definition) is 1. The summed E-state index contributed by atoms with van der Waals surface area (Å²) < 4.78 is 10.1. The van der Waals surface area contributed by atoms with Crippen LogP contribution < -0.4 is 5.32 Å². The van der Waals surface area contributed by atoms with Crippen molar-refractivity contribution >= 4 is 45.9 Å². The first kappa shape index (κ1) is 21.8. The van der Waals surface area contributed by atoms with Gasteiger partial charge in [-0.2, -0.15) is 0 Å². The number of rotatable bonds is 8. The van der Waals surface area contributed by atoms with Crippen LogP contribution in [0.4, 0.5) is 5.00 Å². The number of aromatic nitrogens is 2. The van der Waals surface area contributed by atoms with Crippen molar-refractivity contribution in [1.82, 2.24) is 9.97 Å².